The highest BCUT2D eigenvalue weighted by atomic mass is 16.5. The Morgan fingerprint density at radius 1 is 1.26 bits per heavy atom. The van der Waals surface area contributed by atoms with Gasteiger partial charge in [0.1, 0.15) is 0 Å². The molecule has 0 spiro atoms. The molecule has 0 aromatic carbocycles. The molecule has 1 saturated heterocycles. The molecular weight excluding hydrogens is 240 g/mol. The molecule has 19 heavy (non-hydrogen) atoms. The van der Waals surface area contributed by atoms with Gasteiger partial charge in [0.05, 0.1) is 18.1 Å². The first-order valence-corrected chi connectivity index (χ1v) is 7.70. The molecule has 5 unspecified atom stereocenters. The number of nitrogens with two attached hydrogens (primary N) is 1. The van der Waals surface area contributed by atoms with Gasteiger partial charge < -0.3 is 15.8 Å². The molecule has 2 aliphatic rings. The maximum absolute atomic E-state index is 12.5. The molecule has 0 radical (unpaired) electrons. The Morgan fingerprint density at radius 3 is 2.37 bits per heavy atom. The summed E-state index contributed by atoms with van der Waals surface area (Å²) in [5.41, 5.74) is 5.85. The lowest BCUT2D eigenvalue weighted by molar-refractivity contribution is -0.128. The molecule has 1 saturated carbocycles. The van der Waals surface area contributed by atoms with Gasteiger partial charge in [-0.3, -0.25) is 4.79 Å². The van der Waals surface area contributed by atoms with Crippen LogP contribution in [-0.2, 0) is 9.53 Å². The van der Waals surface area contributed by atoms with E-state index in [9.17, 15) is 4.79 Å². The Morgan fingerprint density at radius 2 is 1.89 bits per heavy atom. The molecule has 1 aliphatic carbocycles. The van der Waals surface area contributed by atoms with Crippen LogP contribution in [0.15, 0.2) is 0 Å². The predicted molar refractivity (Wildman–Crippen MR) is 75.6 cm³/mol. The number of carbonyl (C=O) groups is 1. The Labute approximate surface area is 116 Å². The molecule has 110 valence electrons. The van der Waals surface area contributed by atoms with Crippen molar-refractivity contribution in [2.75, 3.05) is 6.54 Å². The Bertz CT molecular complexity index is 315. The van der Waals surface area contributed by atoms with E-state index >= 15 is 0 Å². The summed E-state index contributed by atoms with van der Waals surface area (Å²) in [6.07, 6.45) is 5.11. The minimum atomic E-state index is -0.0366. The SMILES string of the molecule is CC1OC(C)C(C(=O)NC(CN)C2CCCC2)C1C. The molecule has 0 bridgehead atoms. The summed E-state index contributed by atoms with van der Waals surface area (Å²) in [6, 6.07) is 0.144. The highest BCUT2D eigenvalue weighted by Gasteiger charge is 2.42. The van der Waals surface area contributed by atoms with Crippen LogP contribution in [0.5, 0.6) is 0 Å². The zero-order valence-electron chi connectivity index (χ0n) is 12.4. The quantitative estimate of drug-likeness (QED) is 0.815. The largest absolute Gasteiger partial charge is 0.374 e. The molecule has 4 nitrogen and oxygen atoms in total. The average molecular weight is 268 g/mol. The lowest BCUT2D eigenvalue weighted by Gasteiger charge is -2.26. The number of carbonyl (C=O) groups excluding carboxylic acids is 1. The molecule has 0 aromatic heterocycles. The van der Waals surface area contributed by atoms with Gasteiger partial charge in [-0.05, 0) is 38.5 Å². The van der Waals surface area contributed by atoms with Crippen LogP contribution in [0.3, 0.4) is 0 Å². The molecule has 5 atom stereocenters. The van der Waals surface area contributed by atoms with Gasteiger partial charge in [-0.1, -0.05) is 19.8 Å². The molecule has 2 fully saturated rings. The van der Waals surface area contributed by atoms with Crippen molar-refractivity contribution in [3.8, 4) is 0 Å². The maximum atomic E-state index is 12.5. The van der Waals surface area contributed by atoms with Crippen LogP contribution in [0.4, 0.5) is 0 Å². The van der Waals surface area contributed by atoms with Gasteiger partial charge in [0.15, 0.2) is 0 Å². The third-order valence-corrected chi connectivity index (χ3v) is 5.10. The van der Waals surface area contributed by atoms with Crippen molar-refractivity contribution in [1.29, 1.82) is 0 Å². The smallest absolute Gasteiger partial charge is 0.226 e. The number of hydrogen-bond donors (Lipinski definition) is 2. The highest BCUT2D eigenvalue weighted by Crippen LogP contribution is 2.33. The van der Waals surface area contributed by atoms with Crippen molar-refractivity contribution in [3.63, 3.8) is 0 Å². The number of nitrogens with one attached hydrogen (secondary N) is 1. The summed E-state index contributed by atoms with van der Waals surface area (Å²) < 4.78 is 5.76. The average Bonchev–Trinajstić information content (AvgIpc) is 2.96. The second-order valence-electron chi connectivity index (χ2n) is 6.33. The van der Waals surface area contributed by atoms with Gasteiger partial charge in [-0.25, -0.2) is 0 Å². The van der Waals surface area contributed by atoms with Crippen molar-refractivity contribution in [2.24, 2.45) is 23.5 Å². The standard InChI is InChI=1S/C15H28N2O2/c1-9-10(2)19-11(3)14(9)15(18)17-13(8-16)12-6-4-5-7-12/h9-14H,4-8,16H2,1-3H3,(H,17,18). The van der Waals surface area contributed by atoms with Crippen LogP contribution < -0.4 is 11.1 Å². The summed E-state index contributed by atoms with van der Waals surface area (Å²) in [7, 11) is 0. The summed E-state index contributed by atoms with van der Waals surface area (Å²) in [6.45, 7) is 6.69. The molecule has 1 amide bonds. The van der Waals surface area contributed by atoms with E-state index in [1.807, 2.05) is 13.8 Å². The summed E-state index contributed by atoms with van der Waals surface area (Å²) in [5.74, 6) is 0.938. The van der Waals surface area contributed by atoms with Gasteiger partial charge in [0, 0.05) is 12.6 Å². The number of hydrogen-bond acceptors (Lipinski definition) is 3. The van der Waals surface area contributed by atoms with Gasteiger partial charge >= 0.3 is 0 Å². The third-order valence-electron chi connectivity index (χ3n) is 5.10. The Balaban J connectivity index is 1.95. The van der Waals surface area contributed by atoms with Gasteiger partial charge in [0.25, 0.3) is 0 Å². The first kappa shape index (κ1) is 14.8. The fourth-order valence-corrected chi connectivity index (χ4v) is 3.73. The molecule has 1 aliphatic heterocycles. The topological polar surface area (TPSA) is 64.3 Å². The molecule has 2 rings (SSSR count). The second kappa shape index (κ2) is 6.23. The van der Waals surface area contributed by atoms with E-state index in [-0.39, 0.29) is 36.0 Å². The zero-order valence-corrected chi connectivity index (χ0v) is 12.4. The van der Waals surface area contributed by atoms with E-state index in [1.54, 1.807) is 0 Å². The van der Waals surface area contributed by atoms with Crippen molar-refractivity contribution in [2.45, 2.75) is 64.7 Å². The van der Waals surface area contributed by atoms with E-state index < -0.39 is 0 Å². The highest BCUT2D eigenvalue weighted by molar-refractivity contribution is 5.80. The summed E-state index contributed by atoms with van der Waals surface area (Å²) in [4.78, 5) is 12.5. The van der Waals surface area contributed by atoms with E-state index in [0.29, 0.717) is 12.5 Å². The first-order chi connectivity index (χ1) is 9.04. The number of ether oxygens (including phenoxy) is 1. The van der Waals surface area contributed by atoms with Crippen LogP contribution in [0.25, 0.3) is 0 Å². The first-order valence-electron chi connectivity index (χ1n) is 7.70. The second-order valence-corrected chi connectivity index (χ2v) is 6.33. The third kappa shape index (κ3) is 3.11. The molecule has 4 heteroatoms. The van der Waals surface area contributed by atoms with Gasteiger partial charge in [-0.15, -0.1) is 0 Å². The Hall–Kier alpha value is -0.610. The lowest BCUT2D eigenvalue weighted by Crippen LogP contribution is -2.48. The number of amides is 1. The van der Waals surface area contributed by atoms with Crippen molar-refractivity contribution in [3.05, 3.63) is 0 Å². The van der Waals surface area contributed by atoms with E-state index in [2.05, 4.69) is 12.2 Å². The van der Waals surface area contributed by atoms with Crippen LogP contribution in [0.2, 0.25) is 0 Å². The zero-order chi connectivity index (χ0) is 14.0. The van der Waals surface area contributed by atoms with Crippen LogP contribution in [0, 0.1) is 17.8 Å². The fourth-order valence-electron chi connectivity index (χ4n) is 3.73. The normalized spacial score (nSPS) is 37.5. The molecule has 1 heterocycles. The molecule has 0 aromatic rings. The van der Waals surface area contributed by atoms with Gasteiger partial charge in [0.2, 0.25) is 5.91 Å². The summed E-state index contributed by atoms with van der Waals surface area (Å²) in [5, 5.41) is 3.19. The van der Waals surface area contributed by atoms with Gasteiger partial charge in [-0.2, -0.15) is 0 Å². The molecule has 3 N–H and O–H groups in total. The van der Waals surface area contributed by atoms with Crippen molar-refractivity contribution in [1.82, 2.24) is 5.32 Å². The monoisotopic (exact) mass is 268 g/mol. The van der Waals surface area contributed by atoms with Crippen LogP contribution in [0.1, 0.15) is 46.5 Å². The maximum Gasteiger partial charge on any atom is 0.226 e. The van der Waals surface area contributed by atoms with E-state index in [4.69, 9.17) is 10.5 Å². The van der Waals surface area contributed by atoms with E-state index in [1.165, 1.54) is 25.7 Å². The Kier molecular flexibility index (Phi) is 4.85. The summed E-state index contributed by atoms with van der Waals surface area (Å²) >= 11 is 0. The van der Waals surface area contributed by atoms with E-state index in [0.717, 1.165) is 0 Å². The lowest BCUT2D eigenvalue weighted by atomic mass is 9.88. The minimum Gasteiger partial charge on any atom is -0.374 e. The fraction of sp³-hybridized carbons (Fsp3) is 0.933. The van der Waals surface area contributed by atoms with Crippen molar-refractivity contribution < 1.29 is 9.53 Å². The predicted octanol–water partition coefficient (Wildman–Crippen LogP) is 1.68. The minimum absolute atomic E-state index is 0.00648. The van der Waals surface area contributed by atoms with Crippen LogP contribution in [-0.4, -0.2) is 30.7 Å². The van der Waals surface area contributed by atoms with Crippen LogP contribution >= 0.6 is 0 Å². The van der Waals surface area contributed by atoms with Crippen molar-refractivity contribution >= 4 is 5.91 Å². The molecular formula is C15H28N2O2. The number of rotatable bonds is 4.